The number of esters is 1. The van der Waals surface area contributed by atoms with E-state index in [0.717, 1.165) is 11.1 Å². The van der Waals surface area contributed by atoms with Crippen LogP contribution < -0.4 is 15.4 Å². The molecule has 0 saturated carbocycles. The van der Waals surface area contributed by atoms with Crippen molar-refractivity contribution in [3.63, 3.8) is 0 Å². The minimum absolute atomic E-state index is 0.0447. The predicted molar refractivity (Wildman–Crippen MR) is 172 cm³/mol. The second-order valence-electron chi connectivity index (χ2n) is 12.7. The number of halogens is 1. The first kappa shape index (κ1) is 36.2. The van der Waals surface area contributed by atoms with Crippen LogP contribution in [0.3, 0.4) is 0 Å². The molecule has 8 unspecified atom stereocenters. The number of anilines is 1. The number of epoxide rings is 1. The van der Waals surface area contributed by atoms with Gasteiger partial charge in [-0.2, -0.15) is 0 Å². The van der Waals surface area contributed by atoms with Crippen molar-refractivity contribution in [3.05, 3.63) is 46.5 Å². The lowest BCUT2D eigenvalue weighted by Crippen LogP contribution is -2.63. The molecule has 14 heteroatoms. The Morgan fingerprint density at radius 2 is 1.94 bits per heavy atom. The summed E-state index contributed by atoms with van der Waals surface area (Å²) in [7, 11) is 4.37. The van der Waals surface area contributed by atoms with E-state index in [4.69, 9.17) is 35.3 Å². The number of nitrogens with zero attached hydrogens (tertiary/aromatic N) is 1. The lowest BCUT2D eigenvalue weighted by molar-refractivity contribution is -0.161. The zero-order chi connectivity index (χ0) is 34.8. The van der Waals surface area contributed by atoms with E-state index in [0.29, 0.717) is 17.9 Å². The quantitative estimate of drug-likeness (QED) is 0.310. The number of methoxy groups -OCH3 is 2. The van der Waals surface area contributed by atoms with Gasteiger partial charge in [-0.25, -0.2) is 9.59 Å². The summed E-state index contributed by atoms with van der Waals surface area (Å²) in [5.41, 5.74) is -0.982. The summed E-state index contributed by atoms with van der Waals surface area (Å²) in [6, 6.07) is 2.55. The van der Waals surface area contributed by atoms with Gasteiger partial charge in [-0.15, -0.1) is 0 Å². The number of alkyl carbamates (subject to hydrolysis) is 1. The van der Waals surface area contributed by atoms with Crippen molar-refractivity contribution in [3.8, 4) is 5.75 Å². The van der Waals surface area contributed by atoms with Gasteiger partial charge in [0.1, 0.15) is 40.7 Å². The van der Waals surface area contributed by atoms with Crippen LogP contribution in [-0.2, 0) is 39.8 Å². The molecule has 3 heterocycles. The Kier molecular flexibility index (Phi) is 11.0. The molecule has 1 aromatic carbocycles. The van der Waals surface area contributed by atoms with E-state index in [-0.39, 0.29) is 23.8 Å². The molecule has 13 nitrogen and oxygen atoms in total. The van der Waals surface area contributed by atoms with Gasteiger partial charge in [-0.1, -0.05) is 42.3 Å². The molecule has 0 radical (unpaired) electrons. The molecule has 3 N–H and O–H groups in total. The number of aliphatic hydroxyl groups is 1. The summed E-state index contributed by atoms with van der Waals surface area (Å²) < 4.78 is 28.7. The SMILES string of the molecule is COc1cc2cc(c1Cl)NC(=O)CC(OC(=O)C(C)N(C)C(C)=O)C1(C)OC1C(C)C1CC(O)(NC(=O)O1)C(OC)C=C/C=C(\C)C2. The Balaban J connectivity index is 1.76. The van der Waals surface area contributed by atoms with E-state index in [9.17, 15) is 24.3 Å². The largest absolute Gasteiger partial charge is 0.495 e. The van der Waals surface area contributed by atoms with E-state index in [1.165, 1.54) is 40.0 Å². The van der Waals surface area contributed by atoms with Gasteiger partial charge in [0, 0.05) is 33.4 Å². The number of fused-ring (bicyclic) bond motifs is 5. The van der Waals surface area contributed by atoms with Crippen LogP contribution in [0.1, 0.15) is 53.0 Å². The molecule has 258 valence electrons. The van der Waals surface area contributed by atoms with Crippen molar-refractivity contribution in [2.75, 3.05) is 26.6 Å². The van der Waals surface area contributed by atoms with E-state index in [2.05, 4.69) is 10.6 Å². The zero-order valence-corrected chi connectivity index (χ0v) is 28.7. The van der Waals surface area contributed by atoms with E-state index >= 15 is 0 Å². The van der Waals surface area contributed by atoms with Crippen molar-refractivity contribution < 1.29 is 48.0 Å². The van der Waals surface area contributed by atoms with Gasteiger partial charge in [0.25, 0.3) is 0 Å². The highest BCUT2D eigenvalue weighted by atomic mass is 35.5. The van der Waals surface area contributed by atoms with Crippen LogP contribution >= 0.6 is 11.6 Å². The summed E-state index contributed by atoms with van der Waals surface area (Å²) in [6.07, 6.45) is 0.955. The number of ether oxygens (including phenoxy) is 5. The fourth-order valence-electron chi connectivity index (χ4n) is 6.08. The molecule has 2 fully saturated rings. The van der Waals surface area contributed by atoms with Gasteiger partial charge >= 0.3 is 12.1 Å². The van der Waals surface area contributed by atoms with Gasteiger partial charge in [-0.3, -0.25) is 14.9 Å². The number of carbonyl (C=O) groups excluding carboxylic acids is 4. The van der Waals surface area contributed by atoms with Crippen molar-refractivity contribution >= 4 is 41.2 Å². The summed E-state index contributed by atoms with van der Waals surface area (Å²) in [4.78, 5) is 52.8. The molecule has 2 saturated heterocycles. The smallest absolute Gasteiger partial charge is 0.409 e. The highest BCUT2D eigenvalue weighted by molar-refractivity contribution is 6.35. The first-order chi connectivity index (χ1) is 22.0. The van der Waals surface area contributed by atoms with Crippen molar-refractivity contribution in [2.24, 2.45) is 5.92 Å². The Morgan fingerprint density at radius 1 is 1.23 bits per heavy atom. The second kappa shape index (κ2) is 14.2. The van der Waals surface area contributed by atoms with E-state index < -0.39 is 65.7 Å². The van der Waals surface area contributed by atoms with Crippen LogP contribution in [0, 0.1) is 5.92 Å². The molecule has 0 aliphatic carbocycles. The normalized spacial score (nSPS) is 32.7. The van der Waals surface area contributed by atoms with E-state index in [1.807, 2.05) is 13.0 Å². The number of amides is 3. The lowest BCUT2D eigenvalue weighted by atomic mass is 9.83. The Labute approximate surface area is 279 Å². The van der Waals surface area contributed by atoms with E-state index in [1.54, 1.807) is 38.1 Å². The minimum atomic E-state index is -1.81. The van der Waals surface area contributed by atoms with Crippen LogP contribution in [0.5, 0.6) is 5.75 Å². The first-order valence-electron chi connectivity index (χ1n) is 15.4. The highest BCUT2D eigenvalue weighted by Crippen LogP contribution is 2.49. The molecule has 3 aliphatic rings. The summed E-state index contributed by atoms with van der Waals surface area (Å²) in [5, 5.41) is 17.1. The standard InChI is InChI=1S/C33H44ClN3O10/c1-17-10-9-11-25(44-8)33(42)16-24(45-31(41)36-33)18(2)29-32(5,47-29)26(46-30(40)19(3)37(6)20(4)38)15-27(39)35-22-13-21(12-17)14-23(43-7)28(22)34/h9-11,13-14,18-19,24-26,29,42H,12,15-16H2,1-8H3,(H,35,39)(H,36,41)/b11-9?,17-10+. The predicted octanol–water partition coefficient (Wildman–Crippen LogP) is 3.51. The summed E-state index contributed by atoms with van der Waals surface area (Å²) >= 11 is 6.59. The molecule has 1 aromatic rings. The Morgan fingerprint density at radius 3 is 2.57 bits per heavy atom. The molecule has 0 aromatic heterocycles. The fraction of sp³-hybridized carbons (Fsp3) is 0.576. The lowest BCUT2D eigenvalue weighted by Gasteiger charge is -2.42. The number of carbonyl (C=O) groups is 4. The molecular formula is C33H44ClN3O10. The molecule has 0 spiro atoms. The molecule has 3 aliphatic heterocycles. The Bertz CT molecular complexity index is 1470. The van der Waals surface area contributed by atoms with Crippen molar-refractivity contribution in [2.45, 2.75) is 95.7 Å². The minimum Gasteiger partial charge on any atom is -0.495 e. The maximum Gasteiger partial charge on any atom is 0.409 e. The van der Waals surface area contributed by atoms with Crippen molar-refractivity contribution in [1.82, 2.24) is 10.2 Å². The molecule has 8 atom stereocenters. The number of likely N-dealkylation sites (N-methyl/N-ethyl adjacent to an activating group) is 1. The first-order valence-corrected chi connectivity index (χ1v) is 15.8. The van der Waals surface area contributed by atoms with Gasteiger partial charge in [0.15, 0.2) is 5.72 Å². The van der Waals surface area contributed by atoms with Crippen LogP contribution in [0.4, 0.5) is 10.5 Å². The number of benzene rings is 1. The number of allylic oxidation sites excluding steroid dienone is 3. The highest BCUT2D eigenvalue weighted by Gasteiger charge is 2.64. The maximum atomic E-state index is 13.6. The molecular weight excluding hydrogens is 634 g/mol. The summed E-state index contributed by atoms with van der Waals surface area (Å²) in [6.45, 7) is 8.24. The monoisotopic (exact) mass is 677 g/mol. The number of rotatable bonds is 5. The van der Waals surface area contributed by atoms with Crippen LogP contribution in [0.25, 0.3) is 0 Å². The molecule has 47 heavy (non-hydrogen) atoms. The van der Waals surface area contributed by atoms with Crippen molar-refractivity contribution in [1.29, 1.82) is 0 Å². The number of hydrogen-bond acceptors (Lipinski definition) is 10. The topological polar surface area (TPSA) is 165 Å². The Hall–Kier alpha value is -3.65. The van der Waals surface area contributed by atoms with Gasteiger partial charge in [-0.05, 0) is 44.9 Å². The van der Waals surface area contributed by atoms with Gasteiger partial charge in [0.05, 0.1) is 25.3 Å². The second-order valence-corrected chi connectivity index (χ2v) is 13.0. The third-order valence-corrected chi connectivity index (χ3v) is 9.59. The van der Waals surface area contributed by atoms with Gasteiger partial charge in [0.2, 0.25) is 11.8 Å². The third kappa shape index (κ3) is 7.91. The number of hydrogen-bond donors (Lipinski definition) is 3. The average molecular weight is 678 g/mol. The maximum absolute atomic E-state index is 13.6. The van der Waals surface area contributed by atoms with Gasteiger partial charge < -0.3 is 39.0 Å². The summed E-state index contributed by atoms with van der Waals surface area (Å²) in [5.74, 6) is -1.75. The molecule has 4 bridgehead atoms. The van der Waals surface area contributed by atoms with Crippen LogP contribution in [0.2, 0.25) is 5.02 Å². The average Bonchev–Trinajstić information content (AvgIpc) is 3.70. The fourth-order valence-corrected chi connectivity index (χ4v) is 6.31. The zero-order valence-electron chi connectivity index (χ0n) is 27.9. The van der Waals surface area contributed by atoms with Crippen LogP contribution in [-0.4, -0.2) is 96.9 Å². The molecule has 4 rings (SSSR count). The number of nitrogens with one attached hydrogen (secondary N) is 2. The third-order valence-electron chi connectivity index (χ3n) is 9.20. The van der Waals surface area contributed by atoms with Crippen LogP contribution in [0.15, 0.2) is 35.9 Å². The molecule has 3 amide bonds.